The minimum atomic E-state index is -3.66. The van der Waals surface area contributed by atoms with Crippen LogP contribution in [-0.2, 0) is 26.1 Å². The highest BCUT2D eigenvalue weighted by Gasteiger charge is 2.15. The number of carbonyl (C=O) groups is 2. The van der Waals surface area contributed by atoms with E-state index >= 15 is 0 Å². The third-order valence-electron chi connectivity index (χ3n) is 3.19. The summed E-state index contributed by atoms with van der Waals surface area (Å²) in [5.74, 6) is -1.13. The fourth-order valence-electron chi connectivity index (χ4n) is 1.89. The van der Waals surface area contributed by atoms with E-state index in [-0.39, 0.29) is 17.0 Å². The highest BCUT2D eigenvalue weighted by Crippen LogP contribution is 2.11. The molecular formula is C17H18N2O5S2. The summed E-state index contributed by atoms with van der Waals surface area (Å²) in [6, 6.07) is 9.00. The van der Waals surface area contributed by atoms with Crippen LogP contribution in [0.1, 0.15) is 15.2 Å². The summed E-state index contributed by atoms with van der Waals surface area (Å²) in [5, 5.41) is 4.54. The Balaban J connectivity index is 1.85. The number of carbonyl (C=O) groups excluding carboxylic acids is 2. The van der Waals surface area contributed by atoms with Crippen molar-refractivity contribution in [3.05, 3.63) is 64.9 Å². The molecule has 1 heterocycles. The second-order valence-corrected chi connectivity index (χ2v) is 7.90. The topological polar surface area (TPSA) is 102 Å². The molecule has 138 valence electrons. The summed E-state index contributed by atoms with van der Waals surface area (Å²) < 4.78 is 31.1. The van der Waals surface area contributed by atoms with Gasteiger partial charge in [-0.3, -0.25) is 4.79 Å². The average Bonchev–Trinajstić information content (AvgIpc) is 3.16. The van der Waals surface area contributed by atoms with Gasteiger partial charge in [-0.1, -0.05) is 12.1 Å². The summed E-state index contributed by atoms with van der Waals surface area (Å²) in [6.07, 6.45) is 1.42. The number of benzene rings is 1. The van der Waals surface area contributed by atoms with Crippen molar-refractivity contribution in [1.82, 2.24) is 10.0 Å². The molecule has 0 spiro atoms. The van der Waals surface area contributed by atoms with Gasteiger partial charge < -0.3 is 10.1 Å². The maximum atomic E-state index is 11.9. The van der Waals surface area contributed by atoms with Crippen LogP contribution in [0, 0.1) is 0 Å². The number of thiophene rings is 1. The Morgan fingerprint density at radius 2 is 1.92 bits per heavy atom. The number of hydrogen-bond donors (Lipinski definition) is 2. The molecule has 1 aromatic carbocycles. The van der Waals surface area contributed by atoms with E-state index in [2.05, 4.69) is 16.6 Å². The van der Waals surface area contributed by atoms with Gasteiger partial charge in [-0.2, -0.15) is 0 Å². The number of ether oxygens (including phenoxy) is 1. The van der Waals surface area contributed by atoms with Gasteiger partial charge in [0, 0.05) is 11.4 Å². The highest BCUT2D eigenvalue weighted by molar-refractivity contribution is 7.89. The molecule has 1 amide bonds. The largest absolute Gasteiger partial charge is 0.452 e. The number of amides is 1. The number of hydrogen-bond acceptors (Lipinski definition) is 6. The van der Waals surface area contributed by atoms with Gasteiger partial charge in [0.2, 0.25) is 10.0 Å². The Morgan fingerprint density at radius 1 is 1.19 bits per heavy atom. The minimum Gasteiger partial charge on any atom is -0.452 e. The Labute approximate surface area is 155 Å². The molecule has 0 saturated heterocycles. The van der Waals surface area contributed by atoms with Gasteiger partial charge in [0.05, 0.1) is 17.0 Å². The number of sulfonamides is 1. The second kappa shape index (κ2) is 9.27. The molecule has 0 aliphatic carbocycles. The fourth-order valence-corrected chi connectivity index (χ4v) is 3.53. The first-order valence-electron chi connectivity index (χ1n) is 7.59. The molecular weight excluding hydrogens is 376 g/mol. The Bertz CT molecular complexity index is 859. The molecule has 0 radical (unpaired) electrons. The first kappa shape index (κ1) is 19.8. The van der Waals surface area contributed by atoms with Gasteiger partial charge in [-0.15, -0.1) is 17.9 Å². The molecule has 0 bridgehead atoms. The summed E-state index contributed by atoms with van der Waals surface area (Å²) in [5.41, 5.74) is 0.152. The number of esters is 1. The number of rotatable bonds is 9. The Morgan fingerprint density at radius 3 is 2.54 bits per heavy atom. The third kappa shape index (κ3) is 5.80. The van der Waals surface area contributed by atoms with Crippen LogP contribution in [0.4, 0.5) is 0 Å². The second-order valence-electron chi connectivity index (χ2n) is 5.10. The molecule has 0 aliphatic rings. The molecule has 0 aliphatic heterocycles. The van der Waals surface area contributed by atoms with Crippen molar-refractivity contribution in [2.24, 2.45) is 0 Å². The fraction of sp³-hybridized carbons (Fsp3) is 0.176. The van der Waals surface area contributed by atoms with Crippen molar-refractivity contribution < 1.29 is 22.7 Å². The van der Waals surface area contributed by atoms with Gasteiger partial charge in [-0.05, 0) is 35.7 Å². The molecule has 2 aromatic rings. The van der Waals surface area contributed by atoms with E-state index in [0.717, 1.165) is 4.88 Å². The maximum Gasteiger partial charge on any atom is 0.338 e. The first-order valence-corrected chi connectivity index (χ1v) is 9.95. The van der Waals surface area contributed by atoms with Crippen LogP contribution in [0.5, 0.6) is 0 Å². The van der Waals surface area contributed by atoms with E-state index in [1.807, 2.05) is 17.5 Å². The summed E-state index contributed by atoms with van der Waals surface area (Å²) in [7, 11) is -3.66. The van der Waals surface area contributed by atoms with Crippen molar-refractivity contribution in [2.45, 2.75) is 11.4 Å². The Kier molecular flexibility index (Phi) is 7.07. The zero-order valence-corrected chi connectivity index (χ0v) is 15.4. The van der Waals surface area contributed by atoms with Gasteiger partial charge >= 0.3 is 5.97 Å². The van der Waals surface area contributed by atoms with Gasteiger partial charge in [0.1, 0.15) is 0 Å². The molecule has 0 atom stereocenters. The molecule has 7 nitrogen and oxygen atoms in total. The van der Waals surface area contributed by atoms with E-state index in [1.165, 1.54) is 41.7 Å². The standard InChI is InChI=1S/C17H18N2O5S2/c1-2-9-19-26(22,23)15-7-5-13(6-8-15)17(21)24-12-16(20)18-11-14-4-3-10-25-14/h2-8,10,19H,1,9,11-12H2,(H,18,20). The molecule has 1 aromatic heterocycles. The number of nitrogens with one attached hydrogen (secondary N) is 2. The molecule has 2 N–H and O–H groups in total. The average molecular weight is 394 g/mol. The predicted molar refractivity (Wildman–Crippen MR) is 98.3 cm³/mol. The van der Waals surface area contributed by atoms with E-state index in [0.29, 0.717) is 6.54 Å². The van der Waals surface area contributed by atoms with Crippen LogP contribution >= 0.6 is 11.3 Å². The van der Waals surface area contributed by atoms with Crippen molar-refractivity contribution in [1.29, 1.82) is 0 Å². The van der Waals surface area contributed by atoms with E-state index in [9.17, 15) is 18.0 Å². The van der Waals surface area contributed by atoms with Gasteiger partial charge in [-0.25, -0.2) is 17.9 Å². The lowest BCUT2D eigenvalue weighted by molar-refractivity contribution is -0.124. The normalized spacial score (nSPS) is 10.9. The SMILES string of the molecule is C=CCNS(=O)(=O)c1ccc(C(=O)OCC(=O)NCc2cccs2)cc1. The molecule has 9 heteroatoms. The molecule has 26 heavy (non-hydrogen) atoms. The van der Waals surface area contributed by atoms with Crippen molar-refractivity contribution >= 4 is 33.2 Å². The van der Waals surface area contributed by atoms with Crippen LogP contribution in [0.15, 0.2) is 59.3 Å². The lowest BCUT2D eigenvalue weighted by Crippen LogP contribution is -2.28. The summed E-state index contributed by atoms with van der Waals surface area (Å²) in [6.45, 7) is 3.50. The monoisotopic (exact) mass is 394 g/mol. The maximum absolute atomic E-state index is 11.9. The van der Waals surface area contributed by atoms with Crippen LogP contribution in [0.3, 0.4) is 0 Å². The molecule has 2 rings (SSSR count). The molecule has 0 unspecified atom stereocenters. The van der Waals surface area contributed by atoms with E-state index in [4.69, 9.17) is 4.74 Å². The zero-order chi connectivity index (χ0) is 19.0. The lowest BCUT2D eigenvalue weighted by Gasteiger charge is -2.07. The highest BCUT2D eigenvalue weighted by atomic mass is 32.2. The predicted octanol–water partition coefficient (Wildman–Crippen LogP) is 1.69. The van der Waals surface area contributed by atoms with Crippen LogP contribution in [-0.4, -0.2) is 33.4 Å². The van der Waals surface area contributed by atoms with Crippen LogP contribution < -0.4 is 10.0 Å². The lowest BCUT2D eigenvalue weighted by atomic mass is 10.2. The smallest absolute Gasteiger partial charge is 0.338 e. The van der Waals surface area contributed by atoms with Gasteiger partial charge in [0.15, 0.2) is 6.61 Å². The van der Waals surface area contributed by atoms with Crippen molar-refractivity contribution in [3.8, 4) is 0 Å². The summed E-state index contributed by atoms with van der Waals surface area (Å²) in [4.78, 5) is 24.6. The van der Waals surface area contributed by atoms with E-state index < -0.39 is 28.5 Å². The molecule has 0 saturated carbocycles. The van der Waals surface area contributed by atoms with Crippen LogP contribution in [0.2, 0.25) is 0 Å². The third-order valence-corrected chi connectivity index (χ3v) is 5.51. The minimum absolute atomic E-state index is 0.0181. The first-order chi connectivity index (χ1) is 12.4. The van der Waals surface area contributed by atoms with Crippen LogP contribution in [0.25, 0.3) is 0 Å². The Hall–Kier alpha value is -2.49. The van der Waals surface area contributed by atoms with Gasteiger partial charge in [0.25, 0.3) is 5.91 Å². The van der Waals surface area contributed by atoms with Crippen molar-refractivity contribution in [2.75, 3.05) is 13.2 Å². The van der Waals surface area contributed by atoms with E-state index in [1.54, 1.807) is 0 Å². The van der Waals surface area contributed by atoms with Crippen molar-refractivity contribution in [3.63, 3.8) is 0 Å². The molecule has 0 fully saturated rings. The quantitative estimate of drug-likeness (QED) is 0.498. The zero-order valence-electron chi connectivity index (χ0n) is 13.8. The summed E-state index contributed by atoms with van der Waals surface area (Å²) >= 11 is 1.51.